The van der Waals surface area contributed by atoms with Gasteiger partial charge in [0.25, 0.3) is 0 Å². The SMILES string of the molecule is CCOc1ccc2ccccc2c1/C=C(/C#N)S(=O)(=O)c1ccc(Cl)cc1. The molecule has 3 aromatic carbocycles. The van der Waals surface area contributed by atoms with E-state index in [0.29, 0.717) is 22.9 Å². The summed E-state index contributed by atoms with van der Waals surface area (Å²) in [5, 5.41) is 11.7. The number of halogens is 1. The van der Waals surface area contributed by atoms with Crippen LogP contribution < -0.4 is 4.74 Å². The van der Waals surface area contributed by atoms with E-state index in [1.54, 1.807) is 6.07 Å². The van der Waals surface area contributed by atoms with Crippen molar-refractivity contribution in [2.45, 2.75) is 11.8 Å². The molecule has 3 rings (SSSR count). The fourth-order valence-corrected chi connectivity index (χ4v) is 4.02. The summed E-state index contributed by atoms with van der Waals surface area (Å²) in [6.45, 7) is 2.27. The van der Waals surface area contributed by atoms with Crippen LogP contribution in [-0.4, -0.2) is 15.0 Å². The third kappa shape index (κ3) is 3.82. The van der Waals surface area contributed by atoms with Crippen molar-refractivity contribution < 1.29 is 13.2 Å². The molecule has 0 radical (unpaired) electrons. The predicted molar refractivity (Wildman–Crippen MR) is 107 cm³/mol. The third-order valence-electron chi connectivity index (χ3n) is 4.03. The molecule has 0 saturated heterocycles. The fraction of sp³-hybridized carbons (Fsp3) is 0.0952. The molecule has 3 aromatic rings. The quantitative estimate of drug-likeness (QED) is 0.553. The van der Waals surface area contributed by atoms with Crippen LogP contribution in [0.4, 0.5) is 0 Å². The van der Waals surface area contributed by atoms with Crippen molar-refractivity contribution in [3.8, 4) is 11.8 Å². The first-order chi connectivity index (χ1) is 13.0. The molecule has 136 valence electrons. The number of rotatable bonds is 5. The molecule has 0 N–H and O–H groups in total. The van der Waals surface area contributed by atoms with Crippen LogP contribution in [0.1, 0.15) is 12.5 Å². The van der Waals surface area contributed by atoms with Gasteiger partial charge in [0.1, 0.15) is 16.7 Å². The molecule has 0 spiro atoms. The van der Waals surface area contributed by atoms with E-state index in [1.807, 2.05) is 43.3 Å². The Balaban J connectivity index is 2.23. The van der Waals surface area contributed by atoms with E-state index in [0.717, 1.165) is 10.8 Å². The molecule has 0 heterocycles. The number of allylic oxidation sites excluding steroid dienone is 1. The molecular formula is C21H16ClNO3S. The highest BCUT2D eigenvalue weighted by Gasteiger charge is 2.22. The molecule has 0 aliphatic heterocycles. The molecule has 0 bridgehead atoms. The maximum absolute atomic E-state index is 12.9. The van der Waals surface area contributed by atoms with Crippen LogP contribution in [0, 0.1) is 11.3 Å². The maximum atomic E-state index is 12.9. The van der Waals surface area contributed by atoms with Crippen LogP contribution in [-0.2, 0) is 9.84 Å². The van der Waals surface area contributed by atoms with Gasteiger partial charge < -0.3 is 4.74 Å². The van der Waals surface area contributed by atoms with Crippen molar-refractivity contribution in [2.24, 2.45) is 0 Å². The molecule has 0 atom stereocenters. The highest BCUT2D eigenvalue weighted by molar-refractivity contribution is 7.95. The lowest BCUT2D eigenvalue weighted by Crippen LogP contribution is -2.04. The van der Waals surface area contributed by atoms with Gasteiger partial charge in [-0.2, -0.15) is 5.26 Å². The van der Waals surface area contributed by atoms with Gasteiger partial charge in [-0.05, 0) is 54.1 Å². The summed E-state index contributed by atoms with van der Waals surface area (Å²) < 4.78 is 31.5. The molecular weight excluding hydrogens is 382 g/mol. The molecule has 0 saturated carbocycles. The second-order valence-corrected chi connectivity index (χ2v) is 8.06. The molecule has 0 aliphatic rings. The Morgan fingerprint density at radius 2 is 1.81 bits per heavy atom. The minimum absolute atomic E-state index is 0.0119. The smallest absolute Gasteiger partial charge is 0.216 e. The largest absolute Gasteiger partial charge is 0.493 e. The van der Waals surface area contributed by atoms with E-state index in [1.165, 1.54) is 30.3 Å². The van der Waals surface area contributed by atoms with Gasteiger partial charge in [0, 0.05) is 10.6 Å². The lowest BCUT2D eigenvalue weighted by atomic mass is 10.0. The number of benzene rings is 3. The van der Waals surface area contributed by atoms with Gasteiger partial charge in [0.05, 0.1) is 11.5 Å². The van der Waals surface area contributed by atoms with Gasteiger partial charge in [0.2, 0.25) is 9.84 Å². The van der Waals surface area contributed by atoms with Crippen molar-refractivity contribution in [1.82, 2.24) is 0 Å². The van der Waals surface area contributed by atoms with E-state index in [4.69, 9.17) is 16.3 Å². The lowest BCUT2D eigenvalue weighted by Gasteiger charge is -2.11. The Bertz CT molecular complexity index is 1160. The first kappa shape index (κ1) is 19.0. The molecule has 4 nitrogen and oxygen atoms in total. The summed E-state index contributed by atoms with van der Waals surface area (Å²) in [6, 6.07) is 18.8. The van der Waals surface area contributed by atoms with Gasteiger partial charge in [-0.1, -0.05) is 41.9 Å². The summed E-state index contributed by atoms with van der Waals surface area (Å²) in [5.74, 6) is 0.523. The van der Waals surface area contributed by atoms with Crippen LogP contribution >= 0.6 is 11.6 Å². The Morgan fingerprint density at radius 1 is 1.11 bits per heavy atom. The van der Waals surface area contributed by atoms with Crippen molar-refractivity contribution >= 4 is 38.3 Å². The Morgan fingerprint density at radius 3 is 2.48 bits per heavy atom. The van der Waals surface area contributed by atoms with Crippen LogP contribution in [0.3, 0.4) is 0 Å². The van der Waals surface area contributed by atoms with Crippen molar-refractivity contribution in [2.75, 3.05) is 6.61 Å². The molecule has 6 heteroatoms. The van der Waals surface area contributed by atoms with Crippen molar-refractivity contribution in [1.29, 1.82) is 5.26 Å². The topological polar surface area (TPSA) is 67.2 Å². The monoisotopic (exact) mass is 397 g/mol. The highest BCUT2D eigenvalue weighted by Crippen LogP contribution is 2.32. The second kappa shape index (κ2) is 7.83. The number of nitrogens with zero attached hydrogens (tertiary/aromatic N) is 1. The minimum Gasteiger partial charge on any atom is -0.493 e. The number of hydrogen-bond donors (Lipinski definition) is 0. The number of nitriles is 1. The summed E-state index contributed by atoms with van der Waals surface area (Å²) in [6.07, 6.45) is 1.37. The Labute approximate surface area is 163 Å². The van der Waals surface area contributed by atoms with E-state index in [9.17, 15) is 13.7 Å². The van der Waals surface area contributed by atoms with Gasteiger partial charge in [-0.15, -0.1) is 0 Å². The van der Waals surface area contributed by atoms with Crippen LogP contribution in [0.25, 0.3) is 16.8 Å². The first-order valence-electron chi connectivity index (χ1n) is 8.24. The number of fused-ring (bicyclic) bond motifs is 1. The van der Waals surface area contributed by atoms with E-state index >= 15 is 0 Å². The number of hydrogen-bond acceptors (Lipinski definition) is 4. The standard InChI is InChI=1S/C21H16ClNO3S/c1-2-26-21-12-7-15-5-3-4-6-19(15)20(21)13-18(14-23)27(24,25)17-10-8-16(22)9-11-17/h3-13H,2H2,1H3/b18-13-. The van der Waals surface area contributed by atoms with Gasteiger partial charge in [-0.3, -0.25) is 0 Å². The second-order valence-electron chi connectivity index (χ2n) is 5.71. The van der Waals surface area contributed by atoms with Crippen LogP contribution in [0.15, 0.2) is 70.5 Å². The summed E-state index contributed by atoms with van der Waals surface area (Å²) in [7, 11) is -3.98. The van der Waals surface area contributed by atoms with Gasteiger partial charge in [0.15, 0.2) is 0 Å². The number of sulfone groups is 1. The lowest BCUT2D eigenvalue weighted by molar-refractivity contribution is 0.340. The van der Waals surface area contributed by atoms with Crippen LogP contribution in [0.5, 0.6) is 5.75 Å². The highest BCUT2D eigenvalue weighted by atomic mass is 35.5. The fourth-order valence-electron chi connectivity index (χ4n) is 2.75. The van der Waals surface area contributed by atoms with E-state index in [2.05, 4.69) is 0 Å². The van der Waals surface area contributed by atoms with Crippen molar-refractivity contribution in [3.63, 3.8) is 0 Å². The summed E-state index contributed by atoms with van der Waals surface area (Å²) >= 11 is 5.83. The zero-order valence-electron chi connectivity index (χ0n) is 14.5. The molecule has 0 fully saturated rings. The molecule has 27 heavy (non-hydrogen) atoms. The Kier molecular flexibility index (Phi) is 5.50. The first-order valence-corrected chi connectivity index (χ1v) is 10.1. The van der Waals surface area contributed by atoms with E-state index in [-0.39, 0.29) is 9.80 Å². The number of ether oxygens (including phenoxy) is 1. The average Bonchev–Trinajstić information content (AvgIpc) is 2.67. The zero-order valence-corrected chi connectivity index (χ0v) is 16.1. The maximum Gasteiger partial charge on any atom is 0.216 e. The molecule has 0 aliphatic carbocycles. The average molecular weight is 398 g/mol. The summed E-state index contributed by atoms with van der Waals surface area (Å²) in [4.78, 5) is -0.347. The Hall–Kier alpha value is -2.81. The zero-order chi connectivity index (χ0) is 19.4. The third-order valence-corrected chi connectivity index (χ3v) is 5.96. The van der Waals surface area contributed by atoms with Gasteiger partial charge >= 0.3 is 0 Å². The normalized spacial score (nSPS) is 12.0. The van der Waals surface area contributed by atoms with E-state index < -0.39 is 9.84 Å². The molecule has 0 aromatic heterocycles. The minimum atomic E-state index is -3.98. The van der Waals surface area contributed by atoms with Gasteiger partial charge in [-0.25, -0.2) is 8.42 Å². The van der Waals surface area contributed by atoms with Crippen LogP contribution in [0.2, 0.25) is 5.02 Å². The van der Waals surface area contributed by atoms with Crippen molar-refractivity contribution in [3.05, 3.63) is 76.2 Å². The molecule has 0 unspecified atom stereocenters. The molecule has 0 amide bonds. The predicted octanol–water partition coefficient (Wildman–Crippen LogP) is 5.23. The summed E-state index contributed by atoms with van der Waals surface area (Å²) in [5.41, 5.74) is 0.559.